The second-order valence-corrected chi connectivity index (χ2v) is 6.00. The lowest BCUT2D eigenvalue weighted by molar-refractivity contribution is 0.0697. The third-order valence-electron chi connectivity index (χ3n) is 4.56. The molecule has 1 heterocycles. The van der Waals surface area contributed by atoms with Gasteiger partial charge in [0, 0.05) is 6.54 Å². The molecule has 0 aliphatic heterocycles. The third-order valence-corrected chi connectivity index (χ3v) is 4.56. The number of carboxylic acid groups (broad SMARTS) is 1. The number of oxazole rings is 1. The molecule has 104 valence electrons. The van der Waals surface area contributed by atoms with E-state index in [0.29, 0.717) is 22.5 Å². The molecule has 0 saturated heterocycles. The van der Waals surface area contributed by atoms with Crippen molar-refractivity contribution in [1.29, 1.82) is 0 Å². The number of benzene rings is 1. The number of hydrogen-bond donors (Lipinski definition) is 2. The zero-order chi connectivity index (χ0) is 13.7. The quantitative estimate of drug-likeness (QED) is 0.874. The van der Waals surface area contributed by atoms with Gasteiger partial charge in [0.1, 0.15) is 5.52 Å². The average molecular weight is 272 g/mol. The molecule has 1 aromatic carbocycles. The Balaban J connectivity index is 1.53. The summed E-state index contributed by atoms with van der Waals surface area (Å²) in [7, 11) is 0. The van der Waals surface area contributed by atoms with Gasteiger partial charge in [-0.05, 0) is 55.2 Å². The summed E-state index contributed by atoms with van der Waals surface area (Å²) < 4.78 is 5.60. The normalized spacial score (nSPS) is 20.0. The Bertz CT molecular complexity index is 683. The van der Waals surface area contributed by atoms with Crippen LogP contribution in [0.25, 0.3) is 11.1 Å². The minimum Gasteiger partial charge on any atom is -0.478 e. The third kappa shape index (κ3) is 1.94. The second kappa shape index (κ2) is 3.98. The number of nitrogens with one attached hydrogen (secondary N) is 1. The Morgan fingerprint density at radius 1 is 1.45 bits per heavy atom. The van der Waals surface area contributed by atoms with Crippen LogP contribution in [0.3, 0.4) is 0 Å². The summed E-state index contributed by atoms with van der Waals surface area (Å²) in [5, 5.41) is 12.2. The molecule has 1 aromatic heterocycles. The predicted octanol–water partition coefficient (Wildman–Crippen LogP) is 3.13. The highest BCUT2D eigenvalue weighted by Gasteiger charge is 2.53. The van der Waals surface area contributed by atoms with E-state index in [1.54, 1.807) is 12.1 Å². The molecule has 2 saturated carbocycles. The molecule has 2 aromatic rings. The van der Waals surface area contributed by atoms with Crippen LogP contribution in [0.4, 0.5) is 6.01 Å². The van der Waals surface area contributed by atoms with Crippen molar-refractivity contribution in [2.24, 2.45) is 11.3 Å². The number of fused-ring (bicyclic) bond motifs is 1. The van der Waals surface area contributed by atoms with Crippen LogP contribution < -0.4 is 5.32 Å². The number of rotatable bonds is 5. The molecule has 2 fully saturated rings. The standard InChI is InChI=1S/C15H16N2O3/c18-13(19)9-1-4-11-12(7-9)20-14(17-11)16-8-15(5-6-15)10-2-3-10/h1,4,7,10H,2-3,5-6,8H2,(H,16,17)(H,18,19). The van der Waals surface area contributed by atoms with Crippen molar-refractivity contribution in [3.63, 3.8) is 0 Å². The fourth-order valence-electron chi connectivity index (χ4n) is 2.97. The van der Waals surface area contributed by atoms with Crippen molar-refractivity contribution in [3.8, 4) is 0 Å². The van der Waals surface area contributed by atoms with Crippen molar-refractivity contribution in [2.45, 2.75) is 25.7 Å². The molecule has 0 spiro atoms. The smallest absolute Gasteiger partial charge is 0.335 e. The van der Waals surface area contributed by atoms with E-state index in [0.717, 1.165) is 12.5 Å². The van der Waals surface area contributed by atoms with Gasteiger partial charge in [0.05, 0.1) is 5.56 Å². The Morgan fingerprint density at radius 2 is 2.25 bits per heavy atom. The highest BCUT2D eigenvalue weighted by Crippen LogP contribution is 2.61. The number of aromatic carboxylic acids is 1. The summed E-state index contributed by atoms with van der Waals surface area (Å²) >= 11 is 0. The highest BCUT2D eigenvalue weighted by molar-refractivity contribution is 5.92. The van der Waals surface area contributed by atoms with Crippen molar-refractivity contribution in [2.75, 3.05) is 11.9 Å². The van der Waals surface area contributed by atoms with Gasteiger partial charge in [0.25, 0.3) is 6.01 Å². The van der Waals surface area contributed by atoms with Crippen LogP contribution in [0.2, 0.25) is 0 Å². The number of carbonyl (C=O) groups is 1. The molecule has 0 unspecified atom stereocenters. The van der Waals surface area contributed by atoms with Gasteiger partial charge >= 0.3 is 5.97 Å². The maximum Gasteiger partial charge on any atom is 0.335 e. The summed E-state index contributed by atoms with van der Waals surface area (Å²) in [6.07, 6.45) is 5.32. The predicted molar refractivity (Wildman–Crippen MR) is 73.8 cm³/mol. The first-order valence-corrected chi connectivity index (χ1v) is 7.04. The van der Waals surface area contributed by atoms with Gasteiger partial charge in [-0.25, -0.2) is 4.79 Å². The van der Waals surface area contributed by atoms with E-state index in [4.69, 9.17) is 9.52 Å². The number of hydrogen-bond acceptors (Lipinski definition) is 4. The van der Waals surface area contributed by atoms with E-state index >= 15 is 0 Å². The Labute approximate surface area is 116 Å². The molecule has 4 rings (SSSR count). The Hall–Kier alpha value is -2.04. The van der Waals surface area contributed by atoms with Crippen molar-refractivity contribution in [3.05, 3.63) is 23.8 Å². The van der Waals surface area contributed by atoms with Crippen LogP contribution in [-0.2, 0) is 0 Å². The Kier molecular flexibility index (Phi) is 2.34. The number of carboxylic acids is 1. The van der Waals surface area contributed by atoms with Gasteiger partial charge in [0.2, 0.25) is 0 Å². The first-order chi connectivity index (χ1) is 9.66. The van der Waals surface area contributed by atoms with Gasteiger partial charge in [-0.15, -0.1) is 0 Å². The van der Waals surface area contributed by atoms with Crippen molar-refractivity contribution >= 4 is 23.1 Å². The first kappa shape index (κ1) is 11.8. The maximum absolute atomic E-state index is 10.9. The van der Waals surface area contributed by atoms with Gasteiger partial charge in [-0.3, -0.25) is 0 Å². The SMILES string of the molecule is O=C(O)c1ccc2nc(NCC3(C4CC4)CC3)oc2c1. The van der Waals surface area contributed by atoms with E-state index in [9.17, 15) is 4.79 Å². The van der Waals surface area contributed by atoms with Crippen molar-refractivity contribution in [1.82, 2.24) is 4.98 Å². The Morgan fingerprint density at radius 3 is 2.90 bits per heavy atom. The summed E-state index contributed by atoms with van der Waals surface area (Å²) in [4.78, 5) is 15.3. The molecule has 5 nitrogen and oxygen atoms in total. The average Bonchev–Trinajstić information content (AvgIpc) is 3.31. The van der Waals surface area contributed by atoms with E-state index in [1.807, 2.05) is 0 Å². The molecule has 0 bridgehead atoms. The van der Waals surface area contributed by atoms with Crippen LogP contribution in [0, 0.1) is 11.3 Å². The lowest BCUT2D eigenvalue weighted by Crippen LogP contribution is -2.17. The van der Waals surface area contributed by atoms with E-state index < -0.39 is 5.97 Å². The zero-order valence-corrected chi connectivity index (χ0v) is 11.1. The first-order valence-electron chi connectivity index (χ1n) is 7.04. The molecule has 0 amide bonds. The zero-order valence-electron chi connectivity index (χ0n) is 11.1. The van der Waals surface area contributed by atoms with Crippen LogP contribution in [0.1, 0.15) is 36.0 Å². The molecular weight excluding hydrogens is 256 g/mol. The largest absolute Gasteiger partial charge is 0.478 e. The summed E-state index contributed by atoms with van der Waals surface area (Å²) in [5.41, 5.74) is 1.90. The van der Waals surface area contributed by atoms with Gasteiger partial charge in [-0.1, -0.05) is 0 Å². The molecule has 2 aliphatic carbocycles. The molecule has 0 radical (unpaired) electrons. The van der Waals surface area contributed by atoms with Crippen LogP contribution in [0.15, 0.2) is 22.6 Å². The summed E-state index contributed by atoms with van der Waals surface area (Å²) in [5.74, 6) is -0.0681. The van der Waals surface area contributed by atoms with E-state index in [1.165, 1.54) is 31.7 Å². The fourth-order valence-corrected chi connectivity index (χ4v) is 2.97. The molecular formula is C15H16N2O3. The summed E-state index contributed by atoms with van der Waals surface area (Å²) in [6.45, 7) is 0.913. The molecule has 2 N–H and O–H groups in total. The highest BCUT2D eigenvalue weighted by atomic mass is 16.4. The van der Waals surface area contributed by atoms with Crippen molar-refractivity contribution < 1.29 is 14.3 Å². The number of anilines is 1. The lowest BCUT2D eigenvalue weighted by Gasteiger charge is -2.13. The molecule has 20 heavy (non-hydrogen) atoms. The monoisotopic (exact) mass is 272 g/mol. The minimum absolute atomic E-state index is 0.219. The van der Waals surface area contributed by atoms with Crippen LogP contribution in [-0.4, -0.2) is 22.6 Å². The summed E-state index contributed by atoms with van der Waals surface area (Å²) in [6, 6.07) is 5.24. The van der Waals surface area contributed by atoms with E-state index in [-0.39, 0.29) is 5.56 Å². The topological polar surface area (TPSA) is 75.4 Å². The lowest BCUT2D eigenvalue weighted by atomic mass is 10.0. The second-order valence-electron chi connectivity index (χ2n) is 6.00. The number of aromatic nitrogens is 1. The fraction of sp³-hybridized carbons (Fsp3) is 0.467. The maximum atomic E-state index is 10.9. The van der Waals surface area contributed by atoms with Gasteiger partial charge < -0.3 is 14.8 Å². The van der Waals surface area contributed by atoms with Gasteiger partial charge in [0.15, 0.2) is 5.58 Å². The van der Waals surface area contributed by atoms with E-state index in [2.05, 4.69) is 10.3 Å². The van der Waals surface area contributed by atoms with Gasteiger partial charge in [-0.2, -0.15) is 4.98 Å². The number of nitrogens with zero attached hydrogens (tertiary/aromatic N) is 1. The van der Waals surface area contributed by atoms with Crippen LogP contribution >= 0.6 is 0 Å². The molecule has 5 heteroatoms. The van der Waals surface area contributed by atoms with Crippen LogP contribution in [0.5, 0.6) is 0 Å². The molecule has 0 atom stereocenters. The molecule has 2 aliphatic rings. The minimum atomic E-state index is -0.955.